The summed E-state index contributed by atoms with van der Waals surface area (Å²) in [4.78, 5) is 16.5. The van der Waals surface area contributed by atoms with Crippen LogP contribution in [0.3, 0.4) is 0 Å². The van der Waals surface area contributed by atoms with E-state index < -0.39 is 27.8 Å². The van der Waals surface area contributed by atoms with Crippen molar-refractivity contribution in [3.8, 4) is 0 Å². The van der Waals surface area contributed by atoms with Gasteiger partial charge in [-0.3, -0.25) is 0 Å². The minimum absolute atomic E-state index is 0.500. The molecule has 0 unspecified atom stereocenters. The first-order valence-electron chi connectivity index (χ1n) is 1.26. The molecule has 50 valence electrons. The van der Waals surface area contributed by atoms with Crippen LogP contribution in [0, 0.1) is 27.8 Å². The number of hydrogen-bond acceptors (Lipinski definition) is 4. The van der Waals surface area contributed by atoms with Gasteiger partial charge in [-0.15, -0.1) is 0 Å². The Morgan fingerprint density at radius 2 is 1.00 bits per heavy atom. The van der Waals surface area contributed by atoms with Crippen LogP contribution in [0.2, 0.25) is 0 Å². The van der Waals surface area contributed by atoms with Gasteiger partial charge in [0.1, 0.15) is 0 Å². The van der Waals surface area contributed by atoms with E-state index in [0.29, 0.717) is 12.9 Å². The van der Waals surface area contributed by atoms with Crippen molar-refractivity contribution in [3.63, 3.8) is 0 Å². The van der Waals surface area contributed by atoms with Gasteiger partial charge in [-0.2, -0.15) is 0 Å². The molecule has 0 aliphatic heterocycles. The third-order valence-corrected chi connectivity index (χ3v) is 0. The fourth-order valence-corrected chi connectivity index (χ4v) is 0. The number of hydrogen-bond donors (Lipinski definition) is 2. The predicted octanol–water partition coefficient (Wildman–Crippen LogP) is -1.01. The van der Waals surface area contributed by atoms with Gasteiger partial charge >= 0.3 is 32.3 Å². The third kappa shape index (κ3) is 1430. The molecule has 0 atom stereocenters. The van der Waals surface area contributed by atoms with Crippen LogP contribution in [0.5, 0.6) is 0 Å². The van der Waals surface area contributed by atoms with Gasteiger partial charge in [0.15, 0.2) is 0 Å². The Balaban J connectivity index is -0.0000000600. The zero-order valence-electron chi connectivity index (χ0n) is 4.03. The van der Waals surface area contributed by atoms with Gasteiger partial charge < -0.3 is 19.8 Å². The summed E-state index contributed by atoms with van der Waals surface area (Å²) < 4.78 is 17.2. The van der Waals surface area contributed by atoms with Crippen LogP contribution in [-0.2, 0) is 14.1 Å². The standard InChI is InChI=1S/2CHO2.2O.U/c2*2-1-3;;;/h2*(H,2,3);;;/q2*-1;;;+2. The van der Waals surface area contributed by atoms with E-state index in [9.17, 15) is 0 Å². The Bertz CT molecular complexity index is 77.1. The second-order valence-electron chi connectivity index (χ2n) is 0.266. The van der Waals surface area contributed by atoms with Crippen molar-refractivity contribution in [1.82, 2.24) is 0 Å². The van der Waals surface area contributed by atoms with Crippen LogP contribution in [0.15, 0.2) is 0 Å². The first-order valence-corrected chi connectivity index (χ1v) is 4.66. The summed E-state index contributed by atoms with van der Waals surface area (Å²) in [6.07, 6.45) is 0. The van der Waals surface area contributed by atoms with E-state index in [0.717, 1.165) is 0 Å². The molecule has 0 rings (SSSR count). The number of rotatable bonds is 0. The summed E-state index contributed by atoms with van der Waals surface area (Å²) in [5.74, 6) is 0. The molecule has 0 saturated carbocycles. The third-order valence-electron chi connectivity index (χ3n) is 0. The zero-order chi connectivity index (χ0) is 8.12. The molecule has 7 heteroatoms. The van der Waals surface area contributed by atoms with E-state index in [-0.39, 0.29) is 0 Å². The zero-order valence-corrected chi connectivity index (χ0v) is 8.19. The van der Waals surface area contributed by atoms with Crippen molar-refractivity contribution in [2.75, 3.05) is 0 Å². The van der Waals surface area contributed by atoms with Crippen molar-refractivity contribution in [2.24, 2.45) is 0 Å². The topological polar surface area (TPSA) is 109 Å². The number of aliphatic hydroxyl groups excluding tert-OH is 2. The Labute approximate surface area is 65.1 Å². The second kappa shape index (κ2) is 49.1. The van der Waals surface area contributed by atoms with Crippen molar-refractivity contribution in [3.05, 3.63) is 0 Å². The first-order chi connectivity index (χ1) is 4.24. The Hall–Kier alpha value is -0.408. The average Bonchev–Trinajstić information content (AvgIpc) is 1.70. The van der Waals surface area contributed by atoms with Gasteiger partial charge in [-0.05, 0) is 0 Å². The van der Waals surface area contributed by atoms with E-state index in [1.54, 1.807) is 0 Å². The van der Waals surface area contributed by atoms with E-state index in [2.05, 4.69) is 0 Å². The van der Waals surface area contributed by atoms with Crippen molar-refractivity contribution < 1.29 is 52.1 Å². The minimum atomic E-state index is -2.51. The van der Waals surface area contributed by atoms with Gasteiger partial charge in [0.25, 0.3) is 0 Å². The second-order valence-corrected chi connectivity index (χ2v) is 0.960. The fourth-order valence-electron chi connectivity index (χ4n) is 0. The van der Waals surface area contributed by atoms with Crippen LogP contribution in [0.1, 0.15) is 0 Å². The predicted molar refractivity (Wildman–Crippen MR) is 18.0 cm³/mol. The SMILES string of the molecule is O=[C-]O.O=[C-]O.[O]=[U+2]=[O]. The summed E-state index contributed by atoms with van der Waals surface area (Å²) in [6, 6.07) is 0. The van der Waals surface area contributed by atoms with Gasteiger partial charge in [-0.25, -0.2) is 0 Å². The Morgan fingerprint density at radius 1 is 1.00 bits per heavy atom. The van der Waals surface area contributed by atoms with E-state index in [4.69, 9.17) is 24.3 Å². The average molecular weight is 360 g/mol. The maximum atomic E-state index is 8.58. The maximum absolute atomic E-state index is 8.58. The molecule has 0 fully saturated rings. The van der Waals surface area contributed by atoms with Gasteiger partial charge in [0.05, 0.1) is 0 Å². The summed E-state index contributed by atoms with van der Waals surface area (Å²) in [6.45, 7) is 1.00. The van der Waals surface area contributed by atoms with Crippen LogP contribution in [0.4, 0.5) is 0 Å². The van der Waals surface area contributed by atoms with E-state index in [1.165, 1.54) is 0 Å². The molecule has 0 aromatic carbocycles. The summed E-state index contributed by atoms with van der Waals surface area (Å²) in [5.41, 5.74) is 0. The molecule has 0 spiro atoms. The fraction of sp³-hybridized carbons (Fsp3) is 0. The van der Waals surface area contributed by atoms with Crippen LogP contribution >= 0.6 is 0 Å². The Morgan fingerprint density at radius 3 is 1.00 bits per heavy atom. The molecule has 0 amide bonds. The van der Waals surface area contributed by atoms with Crippen LogP contribution in [-0.4, -0.2) is 23.2 Å². The molecule has 0 heterocycles. The van der Waals surface area contributed by atoms with Gasteiger partial charge in [-0.1, -0.05) is 12.9 Å². The monoisotopic (exact) mass is 360 g/mol. The molecule has 6 nitrogen and oxygen atoms in total. The molecular formula is C2H2O6U. The first kappa shape index (κ1) is 15.8. The molecule has 0 aliphatic carbocycles. The molecule has 2 N–H and O–H groups in total. The van der Waals surface area contributed by atoms with Gasteiger partial charge in [0, 0.05) is 0 Å². The molecule has 0 aromatic rings. The normalized spacial score (nSPS) is 3.56. The molecule has 9 heavy (non-hydrogen) atoms. The van der Waals surface area contributed by atoms with Crippen LogP contribution < -0.4 is 0 Å². The van der Waals surface area contributed by atoms with E-state index >= 15 is 0 Å². The Kier molecular flexibility index (Phi) is 86.4. The molecular weight excluding hydrogens is 358 g/mol. The van der Waals surface area contributed by atoms with Crippen molar-refractivity contribution in [2.45, 2.75) is 0 Å². The van der Waals surface area contributed by atoms with Gasteiger partial charge in [0.2, 0.25) is 0 Å². The molecule has 0 radical (unpaired) electrons. The molecule has 0 bridgehead atoms. The van der Waals surface area contributed by atoms with Crippen LogP contribution in [0.25, 0.3) is 0 Å². The summed E-state index contributed by atoms with van der Waals surface area (Å²) in [5, 5.41) is 13.5. The van der Waals surface area contributed by atoms with Crippen molar-refractivity contribution >= 4 is 12.9 Å². The molecule has 0 aromatic heterocycles. The van der Waals surface area contributed by atoms with Crippen molar-refractivity contribution in [1.29, 1.82) is 0 Å². The van der Waals surface area contributed by atoms with E-state index in [1.807, 2.05) is 0 Å². The quantitative estimate of drug-likeness (QED) is 0.536. The molecule has 0 aliphatic rings. The molecule has 0 saturated heterocycles. The summed E-state index contributed by atoms with van der Waals surface area (Å²) in [7, 11) is 0. The summed E-state index contributed by atoms with van der Waals surface area (Å²) >= 11 is -2.51.